The zero-order valence-electron chi connectivity index (χ0n) is 15.4. The second-order valence-electron chi connectivity index (χ2n) is 7.53. The van der Waals surface area contributed by atoms with Gasteiger partial charge in [-0.05, 0) is 38.9 Å². The molecule has 0 saturated carbocycles. The van der Waals surface area contributed by atoms with Crippen molar-refractivity contribution in [1.29, 1.82) is 0 Å². The number of thiophene rings is 1. The minimum Gasteiger partial charge on any atom is -0.320 e. The molecule has 6 nitrogen and oxygen atoms in total. The molecule has 1 aromatic carbocycles. The van der Waals surface area contributed by atoms with E-state index in [2.05, 4.69) is 17.3 Å². The molecule has 2 atom stereocenters. The van der Waals surface area contributed by atoms with Crippen molar-refractivity contribution in [2.75, 3.05) is 30.4 Å². The van der Waals surface area contributed by atoms with E-state index in [0.717, 1.165) is 42.2 Å². The van der Waals surface area contributed by atoms with E-state index in [9.17, 15) is 9.59 Å². The fraction of sp³-hybridized carbons (Fsp3) is 0.400. The van der Waals surface area contributed by atoms with Gasteiger partial charge >= 0.3 is 6.03 Å². The molecule has 2 unspecified atom stereocenters. The van der Waals surface area contributed by atoms with Crippen molar-refractivity contribution in [3.63, 3.8) is 0 Å². The summed E-state index contributed by atoms with van der Waals surface area (Å²) in [7, 11) is 2.14. The summed E-state index contributed by atoms with van der Waals surface area (Å²) in [5.41, 5.74) is 2.71. The quantitative estimate of drug-likeness (QED) is 0.757. The number of likely N-dealkylation sites (tertiary alicyclic amines) is 2. The Morgan fingerprint density at radius 2 is 1.96 bits per heavy atom. The van der Waals surface area contributed by atoms with Crippen LogP contribution in [0.2, 0.25) is 0 Å². The molecule has 3 amide bonds. The molecule has 27 heavy (non-hydrogen) atoms. The maximum atomic E-state index is 13.8. The second-order valence-corrected chi connectivity index (χ2v) is 8.61. The summed E-state index contributed by atoms with van der Waals surface area (Å²) in [6, 6.07) is 8.23. The van der Waals surface area contributed by atoms with Crippen LogP contribution in [0, 0.1) is 6.92 Å². The lowest BCUT2D eigenvalue weighted by atomic mass is 10.1. The van der Waals surface area contributed by atoms with Crippen LogP contribution >= 0.6 is 11.3 Å². The van der Waals surface area contributed by atoms with Gasteiger partial charge in [0, 0.05) is 29.4 Å². The van der Waals surface area contributed by atoms with Crippen molar-refractivity contribution in [2.45, 2.75) is 31.8 Å². The lowest BCUT2D eigenvalue weighted by Crippen LogP contribution is -2.45. The van der Waals surface area contributed by atoms with Crippen molar-refractivity contribution in [1.82, 2.24) is 9.80 Å². The molecule has 0 bridgehead atoms. The van der Waals surface area contributed by atoms with Crippen LogP contribution in [0.25, 0.3) is 0 Å². The van der Waals surface area contributed by atoms with E-state index >= 15 is 0 Å². The molecule has 0 aliphatic carbocycles. The lowest BCUT2D eigenvalue weighted by molar-refractivity contribution is 0.102. The molecule has 140 valence electrons. The van der Waals surface area contributed by atoms with Gasteiger partial charge in [-0.15, -0.1) is 11.3 Å². The smallest absolute Gasteiger partial charge is 0.320 e. The van der Waals surface area contributed by atoms with Crippen molar-refractivity contribution >= 4 is 40.3 Å². The van der Waals surface area contributed by atoms with Crippen LogP contribution in [0.5, 0.6) is 0 Å². The number of amides is 3. The number of anilines is 3. The van der Waals surface area contributed by atoms with E-state index in [1.165, 1.54) is 11.3 Å². The summed E-state index contributed by atoms with van der Waals surface area (Å²) in [5, 5.41) is 4.82. The Morgan fingerprint density at radius 1 is 1.19 bits per heavy atom. The fourth-order valence-corrected chi connectivity index (χ4v) is 5.56. The Kier molecular flexibility index (Phi) is 3.77. The molecule has 1 aromatic heterocycles. The molecule has 1 N–H and O–H groups in total. The van der Waals surface area contributed by atoms with Crippen molar-refractivity contribution in [2.24, 2.45) is 0 Å². The van der Waals surface area contributed by atoms with Crippen molar-refractivity contribution < 1.29 is 9.59 Å². The summed E-state index contributed by atoms with van der Waals surface area (Å²) in [6.07, 6.45) is 2.02. The minimum atomic E-state index is -0.156. The topological polar surface area (TPSA) is 55.9 Å². The number of hydrogen-bond donors (Lipinski definition) is 1. The lowest BCUT2D eigenvalue weighted by Gasteiger charge is -2.32. The van der Waals surface area contributed by atoms with Gasteiger partial charge in [0.15, 0.2) is 0 Å². The third kappa shape index (κ3) is 2.41. The highest BCUT2D eigenvalue weighted by Crippen LogP contribution is 2.44. The van der Waals surface area contributed by atoms with E-state index < -0.39 is 0 Å². The summed E-state index contributed by atoms with van der Waals surface area (Å²) in [4.78, 5) is 33.6. The summed E-state index contributed by atoms with van der Waals surface area (Å²) in [5.74, 6) is -0.156. The second kappa shape index (κ2) is 6.07. The van der Waals surface area contributed by atoms with Gasteiger partial charge in [-0.25, -0.2) is 4.79 Å². The fourth-order valence-electron chi connectivity index (χ4n) is 4.74. The molecule has 7 heteroatoms. The van der Waals surface area contributed by atoms with Gasteiger partial charge in [0.2, 0.25) is 0 Å². The number of nitrogens with zero attached hydrogens (tertiary/aromatic N) is 3. The van der Waals surface area contributed by atoms with Gasteiger partial charge in [-0.2, -0.15) is 0 Å². The van der Waals surface area contributed by atoms with Crippen LogP contribution in [-0.4, -0.2) is 54.0 Å². The largest absolute Gasteiger partial charge is 0.329 e. The van der Waals surface area contributed by atoms with Gasteiger partial charge in [0.1, 0.15) is 0 Å². The molecule has 2 aromatic rings. The SMILES string of the molecule is Cc1scc2c1N(C(=O)N1CCC3C1CCN3C)c1ccccc1NC2=O. The average molecular weight is 382 g/mol. The molecular weight excluding hydrogens is 360 g/mol. The summed E-state index contributed by atoms with van der Waals surface area (Å²) < 4.78 is 0. The number of carbonyl (C=O) groups excluding carboxylic acids is 2. The zero-order valence-corrected chi connectivity index (χ0v) is 16.3. The Labute approximate surface area is 162 Å². The van der Waals surface area contributed by atoms with Gasteiger partial charge in [0.25, 0.3) is 5.91 Å². The molecule has 2 fully saturated rings. The van der Waals surface area contributed by atoms with E-state index in [1.807, 2.05) is 41.5 Å². The Hall–Kier alpha value is -2.38. The number of nitrogens with one attached hydrogen (secondary N) is 1. The number of urea groups is 1. The van der Waals surface area contributed by atoms with E-state index in [0.29, 0.717) is 17.3 Å². The van der Waals surface area contributed by atoms with E-state index in [-0.39, 0.29) is 18.0 Å². The molecule has 5 rings (SSSR count). The van der Waals surface area contributed by atoms with Crippen LogP contribution in [0.3, 0.4) is 0 Å². The Morgan fingerprint density at radius 3 is 2.81 bits per heavy atom. The van der Waals surface area contributed by atoms with E-state index in [4.69, 9.17) is 0 Å². The first kappa shape index (κ1) is 16.8. The molecule has 0 spiro atoms. The van der Waals surface area contributed by atoms with Crippen molar-refractivity contribution in [3.05, 3.63) is 40.1 Å². The number of rotatable bonds is 0. The van der Waals surface area contributed by atoms with Crippen molar-refractivity contribution in [3.8, 4) is 0 Å². The number of para-hydroxylation sites is 2. The van der Waals surface area contributed by atoms with E-state index in [1.54, 1.807) is 4.90 Å². The molecule has 3 aliphatic heterocycles. The number of carbonyl (C=O) groups is 2. The molecule has 0 radical (unpaired) electrons. The van der Waals surface area contributed by atoms with Crippen LogP contribution in [-0.2, 0) is 0 Å². The standard InChI is InChI=1S/C20H22N4O2S/c1-12-18-13(11-27-12)19(25)21-14-5-3-4-6-15(14)24(18)20(26)23-10-8-16-17(23)7-9-22(16)2/h3-6,11,16-17H,7-10H2,1-2H3,(H,21,25). The Bertz CT molecular complexity index is 940. The maximum Gasteiger partial charge on any atom is 0.329 e. The minimum absolute atomic E-state index is 0.0236. The highest BCUT2D eigenvalue weighted by atomic mass is 32.1. The number of likely N-dealkylation sites (N-methyl/N-ethyl adjacent to an activating group) is 1. The van der Waals surface area contributed by atoms with Gasteiger partial charge in [-0.3, -0.25) is 9.69 Å². The predicted octanol–water partition coefficient (Wildman–Crippen LogP) is 3.66. The maximum absolute atomic E-state index is 13.8. The molecule has 3 aliphatic rings. The number of fused-ring (bicyclic) bond motifs is 3. The van der Waals surface area contributed by atoms with Gasteiger partial charge in [-0.1, -0.05) is 12.1 Å². The number of hydrogen-bond acceptors (Lipinski definition) is 4. The third-order valence-electron chi connectivity index (χ3n) is 6.09. The highest BCUT2D eigenvalue weighted by molar-refractivity contribution is 7.11. The first-order chi connectivity index (χ1) is 13.1. The zero-order chi connectivity index (χ0) is 18.7. The van der Waals surface area contributed by atoms with Crippen LogP contribution in [0.15, 0.2) is 29.6 Å². The molecule has 2 saturated heterocycles. The number of aryl methyl sites for hydroxylation is 1. The number of benzene rings is 1. The van der Waals surface area contributed by atoms with Crippen LogP contribution in [0.1, 0.15) is 28.1 Å². The molecule has 4 heterocycles. The van der Waals surface area contributed by atoms with Crippen LogP contribution in [0.4, 0.5) is 21.9 Å². The third-order valence-corrected chi connectivity index (χ3v) is 6.99. The van der Waals surface area contributed by atoms with Gasteiger partial charge < -0.3 is 15.1 Å². The predicted molar refractivity (Wildman–Crippen MR) is 107 cm³/mol. The Balaban J connectivity index is 1.63. The summed E-state index contributed by atoms with van der Waals surface area (Å²) in [6.45, 7) is 3.76. The van der Waals surface area contributed by atoms with Gasteiger partial charge in [0.05, 0.1) is 28.7 Å². The summed E-state index contributed by atoms with van der Waals surface area (Å²) >= 11 is 1.51. The molecular formula is C20H22N4O2S. The monoisotopic (exact) mass is 382 g/mol. The normalized spacial score (nSPS) is 24.3. The first-order valence-corrected chi connectivity index (χ1v) is 10.2. The van der Waals surface area contributed by atoms with Crippen LogP contribution < -0.4 is 10.2 Å². The first-order valence-electron chi connectivity index (χ1n) is 9.35. The average Bonchev–Trinajstić information content (AvgIpc) is 3.32. The highest BCUT2D eigenvalue weighted by Gasteiger charge is 2.45.